The van der Waals surface area contributed by atoms with E-state index in [0.29, 0.717) is 32.1 Å². The molecule has 0 aliphatic heterocycles. The van der Waals surface area contributed by atoms with Gasteiger partial charge in [-0.15, -0.1) is 0 Å². The van der Waals surface area contributed by atoms with E-state index in [-0.39, 0.29) is 22.8 Å². The van der Waals surface area contributed by atoms with Crippen LogP contribution in [0.5, 0.6) is 0 Å². The molecule has 0 aromatic rings. The molecule has 1 atom stereocenters. The molecule has 3 nitrogen and oxygen atoms in total. The fourth-order valence-electron chi connectivity index (χ4n) is 2.67. The van der Waals surface area contributed by atoms with Gasteiger partial charge in [0, 0.05) is 19.3 Å². The molecule has 1 aliphatic rings. The van der Waals surface area contributed by atoms with Crippen molar-refractivity contribution < 1.29 is 14.4 Å². The SMILES string of the molecule is CC(=O)CCC1(C(=O)CC(C)(C)C)CCCC1=O. The van der Waals surface area contributed by atoms with Crippen LogP contribution in [0.25, 0.3) is 0 Å². The van der Waals surface area contributed by atoms with Crippen LogP contribution in [0.1, 0.15) is 66.2 Å². The lowest BCUT2D eigenvalue weighted by atomic mass is 9.71. The van der Waals surface area contributed by atoms with Crippen molar-refractivity contribution in [3.05, 3.63) is 0 Å². The molecule has 18 heavy (non-hydrogen) atoms. The summed E-state index contributed by atoms with van der Waals surface area (Å²) in [5, 5.41) is 0. The van der Waals surface area contributed by atoms with Gasteiger partial charge in [0.05, 0.1) is 5.41 Å². The number of Topliss-reactive ketones (excluding diaryl/α,β-unsaturated/α-hetero) is 3. The summed E-state index contributed by atoms with van der Waals surface area (Å²) in [5.41, 5.74) is -0.956. The first-order chi connectivity index (χ1) is 8.17. The van der Waals surface area contributed by atoms with E-state index >= 15 is 0 Å². The molecule has 0 bridgehead atoms. The van der Waals surface area contributed by atoms with Gasteiger partial charge in [-0.25, -0.2) is 0 Å². The largest absolute Gasteiger partial charge is 0.300 e. The first kappa shape index (κ1) is 15.1. The van der Waals surface area contributed by atoms with Crippen LogP contribution in [0.4, 0.5) is 0 Å². The lowest BCUT2D eigenvalue weighted by Gasteiger charge is -2.29. The van der Waals surface area contributed by atoms with Crippen LogP contribution in [0.15, 0.2) is 0 Å². The molecule has 0 aromatic carbocycles. The van der Waals surface area contributed by atoms with Gasteiger partial charge in [0.15, 0.2) is 0 Å². The number of hydrogen-bond donors (Lipinski definition) is 0. The smallest absolute Gasteiger partial charge is 0.146 e. The molecular weight excluding hydrogens is 228 g/mol. The Bertz CT molecular complexity index is 362. The van der Waals surface area contributed by atoms with Crippen molar-refractivity contribution in [2.75, 3.05) is 0 Å². The molecule has 3 heteroatoms. The maximum Gasteiger partial charge on any atom is 0.146 e. The Morgan fingerprint density at radius 3 is 2.28 bits per heavy atom. The van der Waals surface area contributed by atoms with Crippen molar-refractivity contribution in [3.8, 4) is 0 Å². The monoisotopic (exact) mass is 252 g/mol. The van der Waals surface area contributed by atoms with Gasteiger partial charge in [0.25, 0.3) is 0 Å². The predicted molar refractivity (Wildman–Crippen MR) is 70.3 cm³/mol. The Morgan fingerprint density at radius 2 is 1.89 bits per heavy atom. The Balaban J connectivity index is 2.88. The highest BCUT2D eigenvalue weighted by Crippen LogP contribution is 2.42. The number of carbonyl (C=O) groups excluding carboxylic acids is 3. The fraction of sp³-hybridized carbons (Fsp3) is 0.800. The topological polar surface area (TPSA) is 51.2 Å². The second-order valence-corrected chi connectivity index (χ2v) is 6.72. The van der Waals surface area contributed by atoms with Gasteiger partial charge in [0.2, 0.25) is 0 Å². The van der Waals surface area contributed by atoms with Gasteiger partial charge in [0.1, 0.15) is 17.3 Å². The molecule has 0 spiro atoms. The first-order valence-electron chi connectivity index (χ1n) is 6.73. The van der Waals surface area contributed by atoms with Gasteiger partial charge in [-0.3, -0.25) is 9.59 Å². The molecule has 1 saturated carbocycles. The van der Waals surface area contributed by atoms with Crippen LogP contribution < -0.4 is 0 Å². The molecule has 1 aliphatic carbocycles. The predicted octanol–water partition coefficient (Wildman–Crippen LogP) is 3.10. The highest BCUT2D eigenvalue weighted by molar-refractivity contribution is 6.08. The zero-order chi connectivity index (χ0) is 14.0. The second kappa shape index (κ2) is 5.33. The molecule has 1 rings (SSSR count). The van der Waals surface area contributed by atoms with E-state index in [1.54, 1.807) is 0 Å². The summed E-state index contributed by atoms with van der Waals surface area (Å²) >= 11 is 0. The summed E-state index contributed by atoms with van der Waals surface area (Å²) in [4.78, 5) is 35.7. The highest BCUT2D eigenvalue weighted by atomic mass is 16.2. The molecule has 0 amide bonds. The third-order valence-corrected chi connectivity index (χ3v) is 3.67. The molecule has 0 radical (unpaired) electrons. The van der Waals surface area contributed by atoms with Gasteiger partial charge in [-0.05, 0) is 31.6 Å². The maximum atomic E-state index is 12.5. The summed E-state index contributed by atoms with van der Waals surface area (Å²) in [5.74, 6) is 0.148. The Kier molecular flexibility index (Phi) is 4.46. The van der Waals surface area contributed by atoms with E-state index in [1.165, 1.54) is 6.92 Å². The summed E-state index contributed by atoms with van der Waals surface area (Å²) in [7, 11) is 0. The summed E-state index contributed by atoms with van der Waals surface area (Å²) in [6, 6.07) is 0. The molecule has 0 N–H and O–H groups in total. The molecule has 0 aromatic heterocycles. The lowest BCUT2D eigenvalue weighted by molar-refractivity contribution is -0.140. The zero-order valence-corrected chi connectivity index (χ0v) is 12.0. The quantitative estimate of drug-likeness (QED) is 0.706. The normalized spacial score (nSPS) is 24.3. The zero-order valence-electron chi connectivity index (χ0n) is 12.0. The van der Waals surface area contributed by atoms with Crippen LogP contribution in [0.3, 0.4) is 0 Å². The van der Waals surface area contributed by atoms with Crippen LogP contribution in [0, 0.1) is 10.8 Å². The van der Waals surface area contributed by atoms with Crippen molar-refractivity contribution in [2.45, 2.75) is 66.2 Å². The fourth-order valence-corrected chi connectivity index (χ4v) is 2.67. The van der Waals surface area contributed by atoms with Gasteiger partial charge < -0.3 is 4.79 Å². The number of rotatable bonds is 5. The van der Waals surface area contributed by atoms with E-state index in [1.807, 2.05) is 20.8 Å². The van der Waals surface area contributed by atoms with Gasteiger partial charge in [-0.2, -0.15) is 0 Å². The first-order valence-corrected chi connectivity index (χ1v) is 6.73. The standard InChI is InChI=1S/C15H24O3/c1-11(16)7-9-15(8-5-6-12(15)17)13(18)10-14(2,3)4/h5-10H2,1-4H3. The van der Waals surface area contributed by atoms with Crippen LogP contribution in [-0.2, 0) is 14.4 Å². The van der Waals surface area contributed by atoms with Gasteiger partial charge in [-0.1, -0.05) is 20.8 Å². The minimum absolute atomic E-state index is 0.0405. The average molecular weight is 252 g/mol. The molecule has 1 unspecified atom stereocenters. The van der Waals surface area contributed by atoms with Crippen molar-refractivity contribution in [2.24, 2.45) is 10.8 Å². The third kappa shape index (κ3) is 3.50. The number of carbonyl (C=O) groups is 3. The molecule has 0 heterocycles. The Hall–Kier alpha value is -0.990. The highest BCUT2D eigenvalue weighted by Gasteiger charge is 2.48. The van der Waals surface area contributed by atoms with Crippen molar-refractivity contribution in [3.63, 3.8) is 0 Å². The van der Waals surface area contributed by atoms with Gasteiger partial charge >= 0.3 is 0 Å². The molecule has 0 saturated heterocycles. The molecule has 1 fully saturated rings. The van der Waals surface area contributed by atoms with Crippen LogP contribution >= 0.6 is 0 Å². The summed E-state index contributed by atoms with van der Waals surface area (Å²) < 4.78 is 0. The lowest BCUT2D eigenvalue weighted by Crippen LogP contribution is -2.37. The van der Waals surface area contributed by atoms with E-state index in [0.717, 1.165) is 6.42 Å². The number of hydrogen-bond acceptors (Lipinski definition) is 3. The molecule has 102 valence electrons. The van der Waals surface area contributed by atoms with E-state index in [9.17, 15) is 14.4 Å². The average Bonchev–Trinajstić information content (AvgIpc) is 2.55. The summed E-state index contributed by atoms with van der Waals surface area (Å²) in [6.45, 7) is 7.52. The van der Waals surface area contributed by atoms with E-state index in [2.05, 4.69) is 0 Å². The minimum Gasteiger partial charge on any atom is -0.300 e. The van der Waals surface area contributed by atoms with Crippen molar-refractivity contribution in [1.29, 1.82) is 0 Å². The van der Waals surface area contributed by atoms with Crippen LogP contribution in [0.2, 0.25) is 0 Å². The molecular formula is C15H24O3. The Labute approximate surface area is 109 Å². The summed E-state index contributed by atoms with van der Waals surface area (Å²) in [6.07, 6.45) is 3.07. The van der Waals surface area contributed by atoms with Crippen LogP contribution in [-0.4, -0.2) is 17.3 Å². The van der Waals surface area contributed by atoms with E-state index in [4.69, 9.17) is 0 Å². The third-order valence-electron chi connectivity index (χ3n) is 3.67. The second-order valence-electron chi connectivity index (χ2n) is 6.72. The van der Waals surface area contributed by atoms with Crippen molar-refractivity contribution in [1.82, 2.24) is 0 Å². The Morgan fingerprint density at radius 1 is 1.28 bits per heavy atom. The number of ketones is 3. The maximum absolute atomic E-state index is 12.5. The van der Waals surface area contributed by atoms with E-state index < -0.39 is 5.41 Å². The van der Waals surface area contributed by atoms with Crippen molar-refractivity contribution >= 4 is 17.3 Å². The minimum atomic E-state index is -0.848.